The molecule has 208 valence electrons. The summed E-state index contributed by atoms with van der Waals surface area (Å²) in [6.45, 7) is 0. The Labute approximate surface area is 218 Å². The van der Waals surface area contributed by atoms with Crippen molar-refractivity contribution >= 4 is 43.4 Å². The van der Waals surface area contributed by atoms with Crippen LogP contribution in [0.25, 0.3) is 22.0 Å². The molecule has 0 aliphatic carbocycles. The lowest BCUT2D eigenvalue weighted by molar-refractivity contribution is -0.192. The minimum absolute atomic E-state index is 0.0701. The molecular weight excluding hydrogens is 583 g/mol. The summed E-state index contributed by atoms with van der Waals surface area (Å²) in [4.78, 5) is 16.2. The number of alkyl halides is 6. The van der Waals surface area contributed by atoms with Gasteiger partial charge >= 0.3 is 18.3 Å². The lowest BCUT2D eigenvalue weighted by atomic mass is 9.99. The van der Waals surface area contributed by atoms with Crippen molar-refractivity contribution in [3.8, 4) is 16.9 Å². The number of hydrogen-bond donors (Lipinski definition) is 2. The Kier molecular flexibility index (Phi) is 8.35. The lowest BCUT2D eigenvalue weighted by Crippen LogP contribution is -2.21. The van der Waals surface area contributed by atoms with E-state index >= 15 is 0 Å². The minimum atomic E-state index is -5.08. The Hall–Kier alpha value is -3.99. The molecule has 0 spiro atoms. The van der Waals surface area contributed by atoms with Gasteiger partial charge in [0.15, 0.2) is 5.13 Å². The molecule has 4 rings (SSSR count). The minimum Gasteiger partial charge on any atom is -0.496 e. The number of pyridine rings is 1. The van der Waals surface area contributed by atoms with E-state index in [9.17, 15) is 39.2 Å². The third-order valence-corrected chi connectivity index (χ3v) is 6.97. The first kappa shape index (κ1) is 29.6. The molecule has 2 N–H and O–H groups in total. The number of anilines is 1. The molecule has 0 saturated carbocycles. The predicted molar refractivity (Wildman–Crippen MR) is 125 cm³/mol. The van der Waals surface area contributed by atoms with E-state index in [2.05, 4.69) is 14.7 Å². The van der Waals surface area contributed by atoms with Gasteiger partial charge < -0.3 is 9.84 Å². The number of methoxy groups -OCH3 is 1. The molecule has 2 heterocycles. The van der Waals surface area contributed by atoms with Crippen LogP contribution in [0.3, 0.4) is 0 Å². The highest BCUT2D eigenvalue weighted by atomic mass is 32.2. The molecule has 0 atom stereocenters. The van der Waals surface area contributed by atoms with Gasteiger partial charge in [-0.3, -0.25) is 9.71 Å². The number of benzene rings is 2. The summed E-state index contributed by atoms with van der Waals surface area (Å²) in [5.41, 5.74) is -0.172. The number of nitrogens with one attached hydrogen (secondary N) is 1. The number of aromatic nitrogens is 2. The number of hydrogen-bond acceptors (Lipinski definition) is 7. The molecule has 8 nitrogen and oxygen atoms in total. The van der Waals surface area contributed by atoms with Crippen LogP contribution in [-0.2, 0) is 21.0 Å². The Morgan fingerprint density at radius 3 is 2.21 bits per heavy atom. The summed E-state index contributed by atoms with van der Waals surface area (Å²) in [7, 11) is -3.06. The Balaban J connectivity index is 0.000000532. The molecule has 0 unspecified atom stereocenters. The summed E-state index contributed by atoms with van der Waals surface area (Å²) in [6.07, 6.45) is -6.91. The van der Waals surface area contributed by atoms with Crippen molar-refractivity contribution in [2.45, 2.75) is 17.2 Å². The average molecular weight is 597 g/mol. The second-order valence-electron chi connectivity index (χ2n) is 7.32. The fourth-order valence-electron chi connectivity index (χ4n) is 3.12. The highest BCUT2D eigenvalue weighted by Gasteiger charge is 2.38. The van der Waals surface area contributed by atoms with E-state index in [0.717, 1.165) is 35.6 Å². The van der Waals surface area contributed by atoms with Gasteiger partial charge in [-0.25, -0.2) is 22.6 Å². The van der Waals surface area contributed by atoms with Gasteiger partial charge in [-0.05, 0) is 35.9 Å². The molecule has 4 aromatic rings. The van der Waals surface area contributed by atoms with Crippen LogP contribution in [0.1, 0.15) is 5.56 Å². The monoisotopic (exact) mass is 597 g/mol. The summed E-state index contributed by atoms with van der Waals surface area (Å²) < 4.78 is 118. The van der Waals surface area contributed by atoms with E-state index in [1.807, 2.05) is 0 Å². The number of carbonyl (C=O) groups is 1. The smallest absolute Gasteiger partial charge is 0.490 e. The average Bonchev–Trinajstić information content (AvgIpc) is 3.34. The van der Waals surface area contributed by atoms with E-state index in [1.54, 1.807) is 5.38 Å². The molecule has 17 heteroatoms. The molecule has 0 amide bonds. The van der Waals surface area contributed by atoms with Crippen molar-refractivity contribution in [2.75, 3.05) is 11.8 Å². The van der Waals surface area contributed by atoms with Crippen LogP contribution in [-0.4, -0.2) is 42.7 Å². The number of fused-ring (bicyclic) bond motifs is 1. The quantitative estimate of drug-likeness (QED) is 0.273. The Bertz CT molecular complexity index is 1610. The van der Waals surface area contributed by atoms with Crippen LogP contribution in [0, 0.1) is 5.82 Å². The van der Waals surface area contributed by atoms with Crippen molar-refractivity contribution in [3.05, 3.63) is 65.6 Å². The first-order valence-electron chi connectivity index (χ1n) is 10.1. The van der Waals surface area contributed by atoms with Crippen molar-refractivity contribution in [2.24, 2.45) is 0 Å². The molecule has 0 radical (unpaired) electrons. The molecule has 39 heavy (non-hydrogen) atoms. The van der Waals surface area contributed by atoms with E-state index in [4.69, 9.17) is 14.6 Å². The zero-order valence-electron chi connectivity index (χ0n) is 19.1. The van der Waals surface area contributed by atoms with Gasteiger partial charge in [-0.1, -0.05) is 6.07 Å². The van der Waals surface area contributed by atoms with Crippen LogP contribution < -0.4 is 9.46 Å². The molecule has 2 aromatic heterocycles. The molecule has 2 aromatic carbocycles. The summed E-state index contributed by atoms with van der Waals surface area (Å²) >= 11 is 1.03. The molecule has 0 bridgehead atoms. The maximum atomic E-state index is 14.9. The first-order chi connectivity index (χ1) is 18.0. The summed E-state index contributed by atoms with van der Waals surface area (Å²) in [5.74, 6) is -3.89. The molecule has 0 aliphatic rings. The molecular formula is C22H14F7N3O5S2. The van der Waals surface area contributed by atoms with Crippen LogP contribution in [0.2, 0.25) is 0 Å². The number of carboxylic acids is 1. The number of thiazole rings is 1. The van der Waals surface area contributed by atoms with Crippen LogP contribution in [0.5, 0.6) is 5.75 Å². The van der Waals surface area contributed by atoms with Gasteiger partial charge in [0.1, 0.15) is 16.5 Å². The largest absolute Gasteiger partial charge is 0.496 e. The predicted octanol–water partition coefficient (Wildman–Crippen LogP) is 5.96. The van der Waals surface area contributed by atoms with Crippen molar-refractivity contribution in [1.29, 1.82) is 0 Å². The number of aliphatic carboxylic acids is 1. The Morgan fingerprint density at radius 2 is 1.67 bits per heavy atom. The SMILES string of the molecule is COc1cc(C(F)(F)F)ccc1-c1ccnc2cc(S(=O)(=O)Nc3nccs3)c(F)cc12.O=C(O)C(F)(F)F. The van der Waals surface area contributed by atoms with Gasteiger partial charge in [0.2, 0.25) is 0 Å². The van der Waals surface area contributed by atoms with Crippen LogP contribution in [0.15, 0.2) is 59.1 Å². The standard InChI is InChI=1S/C20H13F4N3O3S2.C2HF3O2/c1-30-17-8-11(20(22,23)24)2-3-13(17)12-4-5-25-16-10-18(15(21)9-14(12)16)32(28,29)27-19-26-6-7-31-19;3-2(4,5)1(6)7/h2-10H,1H3,(H,26,27);(H,6,7). The van der Waals surface area contributed by atoms with Gasteiger partial charge in [0.05, 0.1) is 18.2 Å². The van der Waals surface area contributed by atoms with Crippen LogP contribution in [0.4, 0.5) is 35.9 Å². The van der Waals surface area contributed by atoms with Crippen molar-refractivity contribution < 1.29 is 53.8 Å². The molecule has 0 aliphatic heterocycles. The van der Waals surface area contributed by atoms with E-state index in [1.165, 1.54) is 31.6 Å². The zero-order valence-corrected chi connectivity index (χ0v) is 20.8. The topological polar surface area (TPSA) is 118 Å². The molecule has 0 fully saturated rings. The maximum Gasteiger partial charge on any atom is 0.490 e. The van der Waals surface area contributed by atoms with E-state index in [0.29, 0.717) is 5.56 Å². The van der Waals surface area contributed by atoms with E-state index < -0.39 is 44.6 Å². The van der Waals surface area contributed by atoms with Crippen molar-refractivity contribution in [3.63, 3.8) is 0 Å². The number of halogens is 7. The maximum absolute atomic E-state index is 14.9. The number of sulfonamides is 1. The van der Waals surface area contributed by atoms with Crippen LogP contribution >= 0.6 is 11.3 Å². The second kappa shape index (κ2) is 11.0. The number of carboxylic acid groups (broad SMARTS) is 1. The summed E-state index contributed by atoms with van der Waals surface area (Å²) in [6, 6.07) is 6.45. The highest BCUT2D eigenvalue weighted by Crippen LogP contribution is 2.39. The first-order valence-corrected chi connectivity index (χ1v) is 12.5. The zero-order chi connectivity index (χ0) is 29.2. The fourth-order valence-corrected chi connectivity index (χ4v) is 4.99. The Morgan fingerprint density at radius 1 is 1.00 bits per heavy atom. The third kappa shape index (κ3) is 6.91. The fraction of sp³-hybridized carbons (Fsp3) is 0.136. The van der Waals surface area contributed by atoms with Gasteiger partial charge in [-0.2, -0.15) is 26.3 Å². The molecule has 0 saturated heterocycles. The number of rotatable bonds is 5. The van der Waals surface area contributed by atoms with Gasteiger partial charge in [0.25, 0.3) is 10.0 Å². The van der Waals surface area contributed by atoms with Gasteiger partial charge in [0, 0.05) is 28.7 Å². The lowest BCUT2D eigenvalue weighted by Gasteiger charge is -2.15. The summed E-state index contributed by atoms with van der Waals surface area (Å²) in [5, 5.41) is 8.96. The van der Waals surface area contributed by atoms with E-state index in [-0.39, 0.29) is 27.3 Å². The second-order valence-corrected chi connectivity index (χ2v) is 9.86. The number of ether oxygens (including phenoxy) is 1. The van der Waals surface area contributed by atoms with Crippen molar-refractivity contribution in [1.82, 2.24) is 9.97 Å². The third-order valence-electron chi connectivity index (χ3n) is 4.80. The van der Waals surface area contributed by atoms with Gasteiger partial charge in [-0.15, -0.1) is 11.3 Å². The number of nitrogens with zero attached hydrogens (tertiary/aromatic N) is 2. The highest BCUT2D eigenvalue weighted by molar-refractivity contribution is 7.93. The normalized spacial score (nSPS) is 12.0.